The van der Waals surface area contributed by atoms with E-state index < -0.39 is 0 Å². The third kappa shape index (κ3) is 4.45. The minimum atomic E-state index is -0.0675. The number of aryl methyl sites for hydroxylation is 1. The van der Waals surface area contributed by atoms with E-state index in [1.54, 1.807) is 7.11 Å². The molecule has 0 aliphatic carbocycles. The molecule has 0 atom stereocenters. The minimum absolute atomic E-state index is 0.0675. The zero-order valence-corrected chi connectivity index (χ0v) is 17.3. The molecular weight excluding hydrogens is 380 g/mol. The van der Waals surface area contributed by atoms with Crippen LogP contribution in [0.3, 0.4) is 0 Å². The molecule has 0 unspecified atom stereocenters. The van der Waals surface area contributed by atoms with Gasteiger partial charge in [0.25, 0.3) is 0 Å². The van der Waals surface area contributed by atoms with Crippen molar-refractivity contribution in [2.45, 2.75) is 32.1 Å². The topological polar surface area (TPSA) is 80.5 Å². The number of carbonyl (C=O) groups is 1. The monoisotopic (exact) mass is 406 g/mol. The highest BCUT2D eigenvalue weighted by Gasteiger charge is 2.27. The van der Waals surface area contributed by atoms with E-state index in [0.29, 0.717) is 24.8 Å². The molecule has 4 rings (SSSR count). The number of carbonyl (C=O) groups excluding carboxylic acids is 1. The number of anilines is 1. The number of rotatable bonds is 5. The van der Waals surface area contributed by atoms with E-state index in [9.17, 15) is 4.79 Å². The lowest BCUT2D eigenvalue weighted by Gasteiger charge is -2.30. The number of piperidine rings is 1. The lowest BCUT2D eigenvalue weighted by atomic mass is 9.97. The maximum absolute atomic E-state index is 12.6. The number of benzene rings is 2. The summed E-state index contributed by atoms with van der Waals surface area (Å²) in [6.07, 6.45) is 2.58. The Balaban J connectivity index is 1.32. The predicted molar refractivity (Wildman–Crippen MR) is 115 cm³/mol. The van der Waals surface area contributed by atoms with Crippen molar-refractivity contribution in [1.82, 2.24) is 15.0 Å². The summed E-state index contributed by atoms with van der Waals surface area (Å²) in [6.45, 7) is 3.43. The Morgan fingerprint density at radius 1 is 1.13 bits per heavy atom. The van der Waals surface area contributed by atoms with Crippen molar-refractivity contribution in [3.8, 4) is 17.1 Å². The summed E-state index contributed by atoms with van der Waals surface area (Å²) in [5, 5.41) is 7.10. The summed E-state index contributed by atoms with van der Waals surface area (Å²) in [4.78, 5) is 19.0. The highest BCUT2D eigenvalue weighted by Crippen LogP contribution is 2.29. The van der Waals surface area contributed by atoms with E-state index >= 15 is 0 Å². The van der Waals surface area contributed by atoms with Crippen molar-refractivity contribution in [2.24, 2.45) is 0 Å². The smallest absolute Gasteiger partial charge is 0.321 e. The average Bonchev–Trinajstić information content (AvgIpc) is 3.30. The fraction of sp³-hybridized carbons (Fsp3) is 0.348. The second-order valence-electron chi connectivity index (χ2n) is 7.43. The number of ether oxygens (including phenoxy) is 1. The number of aromatic nitrogens is 2. The Hall–Kier alpha value is -3.35. The Kier molecular flexibility index (Phi) is 5.97. The number of likely N-dealkylation sites (tertiary alicyclic amines) is 1. The average molecular weight is 406 g/mol. The van der Waals surface area contributed by atoms with Crippen molar-refractivity contribution < 1.29 is 14.1 Å². The molecule has 0 radical (unpaired) electrons. The van der Waals surface area contributed by atoms with Crippen LogP contribution >= 0.6 is 0 Å². The third-order valence-corrected chi connectivity index (χ3v) is 5.53. The summed E-state index contributed by atoms with van der Waals surface area (Å²) < 4.78 is 10.7. The van der Waals surface area contributed by atoms with Gasteiger partial charge in [-0.15, -0.1) is 0 Å². The van der Waals surface area contributed by atoms with Gasteiger partial charge in [0.05, 0.1) is 7.11 Å². The Morgan fingerprint density at radius 3 is 2.47 bits per heavy atom. The number of hydrogen-bond donors (Lipinski definition) is 1. The fourth-order valence-electron chi connectivity index (χ4n) is 3.61. The van der Waals surface area contributed by atoms with Crippen molar-refractivity contribution in [1.29, 1.82) is 0 Å². The van der Waals surface area contributed by atoms with Crippen molar-refractivity contribution in [2.75, 3.05) is 25.5 Å². The number of nitrogens with one attached hydrogen (secondary N) is 1. The van der Waals surface area contributed by atoms with Gasteiger partial charge in [-0.2, -0.15) is 4.98 Å². The van der Waals surface area contributed by atoms with E-state index in [2.05, 4.69) is 22.4 Å². The third-order valence-electron chi connectivity index (χ3n) is 5.53. The van der Waals surface area contributed by atoms with Gasteiger partial charge >= 0.3 is 6.03 Å². The summed E-state index contributed by atoms with van der Waals surface area (Å²) in [5.41, 5.74) is 2.96. The second kappa shape index (κ2) is 8.98. The largest absolute Gasteiger partial charge is 0.497 e. The fourth-order valence-corrected chi connectivity index (χ4v) is 3.61. The summed E-state index contributed by atoms with van der Waals surface area (Å²) in [5.74, 6) is 2.16. The molecule has 156 valence electrons. The molecule has 30 heavy (non-hydrogen) atoms. The van der Waals surface area contributed by atoms with E-state index in [1.807, 2.05) is 53.4 Å². The highest BCUT2D eigenvalue weighted by molar-refractivity contribution is 5.89. The molecule has 7 heteroatoms. The van der Waals surface area contributed by atoms with Gasteiger partial charge in [-0.25, -0.2) is 4.79 Å². The van der Waals surface area contributed by atoms with Gasteiger partial charge < -0.3 is 19.5 Å². The first-order valence-corrected chi connectivity index (χ1v) is 10.3. The maximum Gasteiger partial charge on any atom is 0.321 e. The molecule has 1 aliphatic rings. The Labute approximate surface area is 176 Å². The van der Waals surface area contributed by atoms with E-state index in [4.69, 9.17) is 9.26 Å². The van der Waals surface area contributed by atoms with E-state index in [-0.39, 0.29) is 11.9 Å². The van der Waals surface area contributed by atoms with Crippen molar-refractivity contribution in [3.05, 3.63) is 60.0 Å². The molecule has 1 aromatic heterocycles. The molecule has 1 saturated heterocycles. The lowest BCUT2D eigenvalue weighted by Crippen LogP contribution is -2.40. The van der Waals surface area contributed by atoms with Crippen LogP contribution in [0.15, 0.2) is 53.1 Å². The Bertz CT molecular complexity index is 974. The van der Waals surface area contributed by atoms with Crippen LogP contribution in [0.4, 0.5) is 10.5 Å². The van der Waals surface area contributed by atoms with Crippen LogP contribution in [0, 0.1) is 0 Å². The highest BCUT2D eigenvalue weighted by atomic mass is 16.5. The van der Waals surface area contributed by atoms with Gasteiger partial charge in [0.2, 0.25) is 11.7 Å². The van der Waals surface area contributed by atoms with Gasteiger partial charge in [-0.1, -0.05) is 24.2 Å². The van der Waals surface area contributed by atoms with Crippen molar-refractivity contribution in [3.63, 3.8) is 0 Å². The molecule has 2 heterocycles. The molecule has 3 aromatic rings. The zero-order valence-electron chi connectivity index (χ0n) is 17.3. The second-order valence-corrected chi connectivity index (χ2v) is 7.43. The molecule has 0 spiro atoms. The molecule has 1 N–H and O–H groups in total. The van der Waals surface area contributed by atoms with Gasteiger partial charge in [0.1, 0.15) is 5.75 Å². The minimum Gasteiger partial charge on any atom is -0.497 e. The lowest BCUT2D eigenvalue weighted by molar-refractivity contribution is 0.187. The quantitative estimate of drug-likeness (QED) is 0.663. The SMILES string of the molecule is CCc1ccc(NC(=O)N2CCC(c3nc(-c4ccc(OC)cc4)no3)CC2)cc1. The summed E-state index contributed by atoms with van der Waals surface area (Å²) in [7, 11) is 1.64. The van der Waals surface area contributed by atoms with Crippen molar-refractivity contribution >= 4 is 11.7 Å². The van der Waals surface area contributed by atoms with Crippen LogP contribution in [-0.4, -0.2) is 41.3 Å². The standard InChI is InChI=1S/C23H26N4O3/c1-3-16-4-8-19(9-5-16)24-23(28)27-14-12-18(13-15-27)22-25-21(26-30-22)17-6-10-20(29-2)11-7-17/h4-11,18H,3,12-15H2,1-2H3,(H,24,28). The molecule has 7 nitrogen and oxygen atoms in total. The number of urea groups is 1. The first-order chi connectivity index (χ1) is 14.7. The van der Waals surface area contributed by atoms with Crippen LogP contribution in [0.5, 0.6) is 5.75 Å². The summed E-state index contributed by atoms with van der Waals surface area (Å²) in [6, 6.07) is 15.5. The van der Waals surface area contributed by atoms with Crippen LogP contribution in [0.2, 0.25) is 0 Å². The van der Waals surface area contributed by atoms with Gasteiger partial charge in [0, 0.05) is 30.3 Å². The number of hydrogen-bond acceptors (Lipinski definition) is 5. The molecule has 1 fully saturated rings. The molecule has 2 amide bonds. The molecule has 0 bridgehead atoms. The maximum atomic E-state index is 12.6. The predicted octanol–water partition coefficient (Wildman–Crippen LogP) is 4.72. The molecule has 0 saturated carbocycles. The first kappa shape index (κ1) is 19.9. The molecular formula is C23H26N4O3. The number of amides is 2. The van der Waals surface area contributed by atoms with E-state index in [1.165, 1.54) is 5.56 Å². The molecule has 2 aromatic carbocycles. The van der Waals surface area contributed by atoms with Crippen LogP contribution in [0.1, 0.15) is 37.1 Å². The number of nitrogens with zero attached hydrogens (tertiary/aromatic N) is 3. The van der Waals surface area contributed by atoms with Crippen LogP contribution in [0.25, 0.3) is 11.4 Å². The van der Waals surface area contributed by atoms with E-state index in [0.717, 1.165) is 36.3 Å². The molecule has 1 aliphatic heterocycles. The summed E-state index contributed by atoms with van der Waals surface area (Å²) >= 11 is 0. The van der Waals surface area contributed by atoms with Gasteiger partial charge in [0.15, 0.2) is 0 Å². The Morgan fingerprint density at radius 2 is 1.83 bits per heavy atom. The first-order valence-electron chi connectivity index (χ1n) is 10.3. The zero-order chi connectivity index (χ0) is 20.9. The van der Waals surface area contributed by atoms with Crippen LogP contribution in [-0.2, 0) is 6.42 Å². The van der Waals surface area contributed by atoms with Gasteiger partial charge in [-0.05, 0) is 61.2 Å². The van der Waals surface area contributed by atoms with Crippen LogP contribution < -0.4 is 10.1 Å². The normalized spacial score (nSPS) is 14.5. The number of methoxy groups -OCH3 is 1. The van der Waals surface area contributed by atoms with Gasteiger partial charge in [-0.3, -0.25) is 0 Å².